The monoisotopic (exact) mass is 336 g/mol. The van der Waals surface area contributed by atoms with E-state index in [0.29, 0.717) is 22.3 Å². The third-order valence-electron chi connectivity index (χ3n) is 3.97. The quantitative estimate of drug-likeness (QED) is 0.494. The summed E-state index contributed by atoms with van der Waals surface area (Å²) in [6.07, 6.45) is 0. The van der Waals surface area contributed by atoms with Crippen LogP contribution in [-0.2, 0) is 0 Å². The minimum absolute atomic E-state index is 0.00589. The predicted molar refractivity (Wildman–Crippen MR) is 93.6 cm³/mol. The lowest BCUT2D eigenvalue weighted by molar-refractivity contribution is 0.569. The van der Waals surface area contributed by atoms with Crippen molar-refractivity contribution in [1.82, 2.24) is 0 Å². The van der Waals surface area contributed by atoms with Gasteiger partial charge in [0.2, 0.25) is 0 Å². The van der Waals surface area contributed by atoms with Crippen LogP contribution in [0.5, 0.6) is 0 Å². The molecule has 0 fully saturated rings. The van der Waals surface area contributed by atoms with Gasteiger partial charge in [-0.25, -0.2) is 13.2 Å². The molecule has 0 bridgehead atoms. The minimum atomic E-state index is -0.575. The van der Waals surface area contributed by atoms with E-state index in [2.05, 4.69) is 11.8 Å². The first-order chi connectivity index (χ1) is 11.9. The van der Waals surface area contributed by atoms with Crippen molar-refractivity contribution in [2.75, 3.05) is 0 Å². The molecule has 0 amide bonds. The summed E-state index contributed by atoms with van der Waals surface area (Å²) in [6.45, 7) is 3.22. The van der Waals surface area contributed by atoms with Crippen molar-refractivity contribution in [1.29, 1.82) is 0 Å². The summed E-state index contributed by atoms with van der Waals surface area (Å²) in [7, 11) is 0. The minimum Gasteiger partial charge on any atom is -0.207 e. The van der Waals surface area contributed by atoms with Crippen molar-refractivity contribution in [3.63, 3.8) is 0 Å². The lowest BCUT2D eigenvalue weighted by Gasteiger charge is -2.05. The number of halogens is 3. The van der Waals surface area contributed by atoms with Crippen molar-refractivity contribution in [3.05, 3.63) is 94.3 Å². The summed E-state index contributed by atoms with van der Waals surface area (Å²) >= 11 is 0. The zero-order chi connectivity index (χ0) is 18.0. The molecule has 0 heterocycles. The van der Waals surface area contributed by atoms with Gasteiger partial charge in [-0.05, 0) is 66.9 Å². The summed E-state index contributed by atoms with van der Waals surface area (Å²) in [5.41, 5.74) is 3.01. The third kappa shape index (κ3) is 3.75. The number of hydrogen-bond acceptors (Lipinski definition) is 0. The van der Waals surface area contributed by atoms with Crippen LogP contribution in [0, 0.1) is 43.1 Å². The molecule has 3 aromatic rings. The van der Waals surface area contributed by atoms with Gasteiger partial charge in [0, 0.05) is 11.1 Å². The van der Waals surface area contributed by atoms with E-state index in [-0.39, 0.29) is 11.4 Å². The first kappa shape index (κ1) is 16.9. The molecule has 0 saturated carbocycles. The summed E-state index contributed by atoms with van der Waals surface area (Å²) in [5.74, 6) is 4.19. The largest absolute Gasteiger partial charge is 0.207 e. The van der Waals surface area contributed by atoms with E-state index >= 15 is 0 Å². The summed E-state index contributed by atoms with van der Waals surface area (Å²) in [5, 5.41) is 0. The normalized spacial score (nSPS) is 10.3. The molecular weight excluding hydrogens is 321 g/mol. The molecule has 0 radical (unpaired) electrons. The number of rotatable bonds is 1. The topological polar surface area (TPSA) is 0 Å². The van der Waals surface area contributed by atoms with Gasteiger partial charge < -0.3 is 0 Å². The van der Waals surface area contributed by atoms with Gasteiger partial charge in [0.1, 0.15) is 17.5 Å². The SMILES string of the molecule is Cc1ccc(C#Cc2ccc(-c3cc(F)c(C)c(F)c3)cc2)c(F)c1. The van der Waals surface area contributed by atoms with E-state index in [1.54, 1.807) is 36.4 Å². The second kappa shape index (κ2) is 6.86. The third-order valence-corrected chi connectivity index (χ3v) is 3.97. The van der Waals surface area contributed by atoms with Gasteiger partial charge in [0.25, 0.3) is 0 Å². The van der Waals surface area contributed by atoms with Gasteiger partial charge >= 0.3 is 0 Å². The van der Waals surface area contributed by atoms with Gasteiger partial charge in [0.15, 0.2) is 0 Å². The van der Waals surface area contributed by atoms with E-state index in [1.165, 1.54) is 25.1 Å². The second-order valence-corrected chi connectivity index (χ2v) is 5.88. The van der Waals surface area contributed by atoms with E-state index < -0.39 is 11.6 Å². The first-order valence-electron chi connectivity index (χ1n) is 7.78. The Morgan fingerprint density at radius 2 is 1.28 bits per heavy atom. The predicted octanol–water partition coefficient (Wildman–Crippen LogP) is 5.79. The van der Waals surface area contributed by atoms with Crippen molar-refractivity contribution in [3.8, 4) is 23.0 Å². The molecule has 0 spiro atoms. The lowest BCUT2D eigenvalue weighted by Crippen LogP contribution is -1.90. The van der Waals surface area contributed by atoms with E-state index in [4.69, 9.17) is 0 Å². The fraction of sp³-hybridized carbons (Fsp3) is 0.0909. The molecule has 0 aliphatic carbocycles. The molecule has 0 unspecified atom stereocenters. The van der Waals surface area contributed by atoms with Crippen LogP contribution < -0.4 is 0 Å². The summed E-state index contributed by atoms with van der Waals surface area (Å²) in [6, 6.07) is 14.4. The van der Waals surface area contributed by atoms with Crippen LogP contribution >= 0.6 is 0 Å². The van der Waals surface area contributed by atoms with Gasteiger partial charge in [0.05, 0.1) is 5.56 Å². The number of hydrogen-bond donors (Lipinski definition) is 0. The van der Waals surface area contributed by atoms with Crippen LogP contribution in [0.15, 0.2) is 54.6 Å². The molecule has 0 aromatic heterocycles. The Morgan fingerprint density at radius 3 is 1.88 bits per heavy atom. The molecule has 3 aromatic carbocycles. The van der Waals surface area contributed by atoms with Gasteiger partial charge in [-0.1, -0.05) is 30.0 Å². The number of benzene rings is 3. The molecule has 0 saturated heterocycles. The van der Waals surface area contributed by atoms with Crippen molar-refractivity contribution < 1.29 is 13.2 Å². The molecule has 0 N–H and O–H groups in total. The number of aryl methyl sites for hydroxylation is 1. The highest BCUT2D eigenvalue weighted by molar-refractivity contribution is 5.65. The van der Waals surface area contributed by atoms with Gasteiger partial charge in [-0.2, -0.15) is 0 Å². The van der Waals surface area contributed by atoms with Crippen LogP contribution in [0.25, 0.3) is 11.1 Å². The Balaban J connectivity index is 1.87. The fourth-order valence-electron chi connectivity index (χ4n) is 2.42. The molecule has 0 atom stereocenters. The zero-order valence-electron chi connectivity index (χ0n) is 13.8. The van der Waals surface area contributed by atoms with E-state index in [9.17, 15) is 13.2 Å². The molecular formula is C22H15F3. The summed E-state index contributed by atoms with van der Waals surface area (Å²) in [4.78, 5) is 0. The Labute approximate surface area is 145 Å². The highest BCUT2D eigenvalue weighted by Crippen LogP contribution is 2.24. The molecule has 0 aliphatic rings. The maximum Gasteiger partial charge on any atom is 0.139 e. The Kier molecular flexibility index (Phi) is 4.63. The molecule has 3 heteroatoms. The van der Waals surface area contributed by atoms with Crippen molar-refractivity contribution in [2.45, 2.75) is 13.8 Å². The van der Waals surface area contributed by atoms with Gasteiger partial charge in [-0.3, -0.25) is 0 Å². The van der Waals surface area contributed by atoms with Crippen LogP contribution in [0.1, 0.15) is 22.3 Å². The average Bonchev–Trinajstić information content (AvgIpc) is 2.59. The van der Waals surface area contributed by atoms with Crippen LogP contribution in [0.4, 0.5) is 13.2 Å². The maximum atomic E-state index is 13.8. The van der Waals surface area contributed by atoms with E-state index in [1.807, 2.05) is 6.92 Å². The Morgan fingerprint density at radius 1 is 0.640 bits per heavy atom. The average molecular weight is 336 g/mol. The smallest absolute Gasteiger partial charge is 0.139 e. The van der Waals surface area contributed by atoms with Crippen LogP contribution in [0.3, 0.4) is 0 Å². The highest BCUT2D eigenvalue weighted by atomic mass is 19.1. The Hall–Kier alpha value is -2.99. The maximum absolute atomic E-state index is 13.8. The van der Waals surface area contributed by atoms with E-state index in [0.717, 1.165) is 5.56 Å². The van der Waals surface area contributed by atoms with Crippen molar-refractivity contribution in [2.24, 2.45) is 0 Å². The molecule has 25 heavy (non-hydrogen) atoms. The molecule has 3 rings (SSSR count). The standard InChI is InChI=1S/C22H15F3/c1-14-3-7-18(22(25)11-14)10-6-16-4-8-17(9-5-16)19-12-20(23)15(2)21(24)13-19/h3-5,7-9,11-13H,1-2H3. The fourth-order valence-corrected chi connectivity index (χ4v) is 2.42. The molecule has 124 valence electrons. The highest BCUT2D eigenvalue weighted by Gasteiger charge is 2.08. The van der Waals surface area contributed by atoms with Gasteiger partial charge in [-0.15, -0.1) is 0 Å². The molecule has 0 aliphatic heterocycles. The first-order valence-corrected chi connectivity index (χ1v) is 7.78. The summed E-state index contributed by atoms with van der Waals surface area (Å²) < 4.78 is 41.1. The van der Waals surface area contributed by atoms with Crippen LogP contribution in [0.2, 0.25) is 0 Å². The lowest BCUT2D eigenvalue weighted by atomic mass is 10.0. The Bertz CT molecular complexity index is 967. The zero-order valence-corrected chi connectivity index (χ0v) is 13.8. The van der Waals surface area contributed by atoms with Crippen LogP contribution in [-0.4, -0.2) is 0 Å². The molecule has 0 nitrogen and oxygen atoms in total. The van der Waals surface area contributed by atoms with Crippen molar-refractivity contribution >= 4 is 0 Å². The second-order valence-electron chi connectivity index (χ2n) is 5.88.